The summed E-state index contributed by atoms with van der Waals surface area (Å²) in [6.07, 6.45) is 4.42. The molecule has 0 fully saturated rings. The van der Waals surface area contributed by atoms with Gasteiger partial charge in [0.05, 0.1) is 11.1 Å². The Balaban J connectivity index is 2.79. The van der Waals surface area contributed by atoms with Crippen LogP contribution in [0.3, 0.4) is 0 Å². The molecule has 0 aromatic carbocycles. The summed E-state index contributed by atoms with van der Waals surface area (Å²) in [6.45, 7) is 2.03. The van der Waals surface area contributed by atoms with Crippen LogP contribution in [0.1, 0.15) is 31.4 Å². The summed E-state index contributed by atoms with van der Waals surface area (Å²) in [5, 5.41) is 10.1. The van der Waals surface area contributed by atoms with E-state index >= 15 is 0 Å². The van der Waals surface area contributed by atoms with E-state index in [9.17, 15) is 5.11 Å². The maximum Gasteiger partial charge on any atom is 0.0805 e. The van der Waals surface area contributed by atoms with Crippen LogP contribution < -0.4 is 0 Å². The minimum atomic E-state index is -0.453. The normalized spacial score (nSPS) is 12.9. The lowest BCUT2D eigenvalue weighted by atomic mass is 10.1. The van der Waals surface area contributed by atoms with Gasteiger partial charge < -0.3 is 5.11 Å². The van der Waals surface area contributed by atoms with Gasteiger partial charge in [0, 0.05) is 18.0 Å². The van der Waals surface area contributed by atoms with Crippen LogP contribution in [0.4, 0.5) is 0 Å². The third-order valence-electron chi connectivity index (χ3n) is 1.72. The average molecular weight is 186 g/mol. The van der Waals surface area contributed by atoms with Crippen LogP contribution in [0.2, 0.25) is 5.02 Å². The van der Waals surface area contributed by atoms with Crippen LogP contribution in [-0.4, -0.2) is 10.1 Å². The van der Waals surface area contributed by atoms with Gasteiger partial charge in [-0.1, -0.05) is 24.9 Å². The Kier molecular flexibility index (Phi) is 3.50. The largest absolute Gasteiger partial charge is 0.388 e. The van der Waals surface area contributed by atoms with Crippen LogP contribution in [0.25, 0.3) is 0 Å². The number of aromatic nitrogens is 1. The van der Waals surface area contributed by atoms with Crippen molar-refractivity contribution in [3.8, 4) is 0 Å². The predicted molar refractivity (Wildman–Crippen MR) is 49.1 cm³/mol. The monoisotopic (exact) mass is 185 g/mol. The van der Waals surface area contributed by atoms with Gasteiger partial charge in [-0.15, -0.1) is 0 Å². The number of halogens is 1. The molecular weight excluding hydrogens is 174 g/mol. The second-order valence-electron chi connectivity index (χ2n) is 2.70. The quantitative estimate of drug-likeness (QED) is 0.785. The summed E-state index contributed by atoms with van der Waals surface area (Å²) in [5.41, 5.74) is 0.772. The molecule has 66 valence electrons. The Morgan fingerprint density at radius 2 is 2.42 bits per heavy atom. The molecule has 0 saturated carbocycles. The fraction of sp³-hybridized carbons (Fsp3) is 0.444. The van der Waals surface area contributed by atoms with Crippen molar-refractivity contribution in [2.45, 2.75) is 25.9 Å². The molecule has 0 spiro atoms. The van der Waals surface area contributed by atoms with Gasteiger partial charge in [-0.25, -0.2) is 0 Å². The zero-order valence-electron chi connectivity index (χ0n) is 7.00. The SMILES string of the molecule is CCC[C@@H](O)c1ccncc1Cl. The number of nitrogens with zero attached hydrogens (tertiary/aromatic N) is 1. The van der Waals surface area contributed by atoms with E-state index in [1.165, 1.54) is 0 Å². The van der Waals surface area contributed by atoms with Gasteiger partial charge in [-0.05, 0) is 12.5 Å². The maximum atomic E-state index is 9.59. The van der Waals surface area contributed by atoms with E-state index in [2.05, 4.69) is 4.98 Å². The van der Waals surface area contributed by atoms with Crippen LogP contribution in [-0.2, 0) is 0 Å². The lowest BCUT2D eigenvalue weighted by Crippen LogP contribution is -1.97. The second kappa shape index (κ2) is 4.43. The second-order valence-corrected chi connectivity index (χ2v) is 3.11. The number of pyridine rings is 1. The Labute approximate surface area is 77.2 Å². The van der Waals surface area contributed by atoms with E-state index in [0.717, 1.165) is 18.4 Å². The lowest BCUT2D eigenvalue weighted by Gasteiger charge is -2.10. The molecular formula is C9H12ClNO. The molecule has 0 aliphatic rings. The summed E-state index contributed by atoms with van der Waals surface area (Å²) in [7, 11) is 0. The van der Waals surface area contributed by atoms with Gasteiger partial charge >= 0.3 is 0 Å². The Morgan fingerprint density at radius 3 is 3.00 bits per heavy atom. The molecule has 0 amide bonds. The molecule has 12 heavy (non-hydrogen) atoms. The van der Waals surface area contributed by atoms with E-state index in [1.54, 1.807) is 18.5 Å². The Morgan fingerprint density at radius 1 is 1.67 bits per heavy atom. The zero-order valence-corrected chi connectivity index (χ0v) is 7.75. The van der Waals surface area contributed by atoms with E-state index in [4.69, 9.17) is 11.6 Å². The van der Waals surface area contributed by atoms with Crippen molar-refractivity contribution in [3.63, 3.8) is 0 Å². The highest BCUT2D eigenvalue weighted by atomic mass is 35.5. The van der Waals surface area contributed by atoms with Crippen LogP contribution in [0, 0.1) is 0 Å². The van der Waals surface area contributed by atoms with Crippen molar-refractivity contribution in [2.75, 3.05) is 0 Å². The van der Waals surface area contributed by atoms with Crippen molar-refractivity contribution in [1.29, 1.82) is 0 Å². The predicted octanol–water partition coefficient (Wildman–Crippen LogP) is 2.57. The number of aliphatic hydroxyl groups excluding tert-OH is 1. The van der Waals surface area contributed by atoms with E-state index in [1.807, 2.05) is 6.92 Å². The van der Waals surface area contributed by atoms with Gasteiger partial charge in [0.15, 0.2) is 0 Å². The fourth-order valence-electron chi connectivity index (χ4n) is 1.09. The molecule has 0 aliphatic carbocycles. The average Bonchev–Trinajstić information content (AvgIpc) is 2.05. The van der Waals surface area contributed by atoms with Crippen molar-refractivity contribution in [3.05, 3.63) is 29.0 Å². The highest BCUT2D eigenvalue weighted by Gasteiger charge is 2.09. The highest BCUT2D eigenvalue weighted by Crippen LogP contribution is 2.24. The molecule has 1 heterocycles. The third-order valence-corrected chi connectivity index (χ3v) is 2.04. The summed E-state index contributed by atoms with van der Waals surface area (Å²) in [4.78, 5) is 3.84. The first-order chi connectivity index (χ1) is 5.75. The molecule has 2 nitrogen and oxygen atoms in total. The first-order valence-electron chi connectivity index (χ1n) is 4.03. The van der Waals surface area contributed by atoms with Gasteiger partial charge in [-0.3, -0.25) is 4.98 Å². The Bertz CT molecular complexity index is 252. The molecule has 3 heteroatoms. The summed E-state index contributed by atoms with van der Waals surface area (Å²) < 4.78 is 0. The molecule has 1 aromatic rings. The summed E-state index contributed by atoms with van der Waals surface area (Å²) >= 11 is 5.83. The van der Waals surface area contributed by atoms with E-state index in [-0.39, 0.29) is 0 Å². The van der Waals surface area contributed by atoms with E-state index < -0.39 is 6.10 Å². The third kappa shape index (κ3) is 2.19. The van der Waals surface area contributed by atoms with Gasteiger partial charge in [0.2, 0.25) is 0 Å². The standard InChI is InChI=1S/C9H12ClNO/c1-2-3-9(12)7-4-5-11-6-8(7)10/h4-6,9,12H,2-3H2,1H3/t9-/m1/s1. The zero-order chi connectivity index (χ0) is 8.97. The van der Waals surface area contributed by atoms with E-state index in [0.29, 0.717) is 5.02 Å². The van der Waals surface area contributed by atoms with Crippen LogP contribution in [0.5, 0.6) is 0 Å². The number of hydrogen-bond acceptors (Lipinski definition) is 2. The molecule has 1 rings (SSSR count). The molecule has 0 unspecified atom stereocenters. The minimum Gasteiger partial charge on any atom is -0.388 e. The van der Waals surface area contributed by atoms with Crippen LogP contribution >= 0.6 is 11.6 Å². The highest BCUT2D eigenvalue weighted by molar-refractivity contribution is 6.31. The van der Waals surface area contributed by atoms with Crippen molar-refractivity contribution >= 4 is 11.6 Å². The summed E-state index contributed by atoms with van der Waals surface area (Å²) in [6, 6.07) is 1.75. The molecule has 1 aromatic heterocycles. The molecule has 0 radical (unpaired) electrons. The first-order valence-corrected chi connectivity index (χ1v) is 4.41. The molecule has 0 aliphatic heterocycles. The van der Waals surface area contributed by atoms with Crippen LogP contribution in [0.15, 0.2) is 18.5 Å². The van der Waals surface area contributed by atoms with Crippen molar-refractivity contribution < 1.29 is 5.11 Å². The van der Waals surface area contributed by atoms with Gasteiger partial charge in [0.1, 0.15) is 0 Å². The Hall–Kier alpha value is -0.600. The number of hydrogen-bond donors (Lipinski definition) is 1. The number of rotatable bonds is 3. The minimum absolute atomic E-state index is 0.453. The molecule has 1 atom stereocenters. The summed E-state index contributed by atoms with van der Waals surface area (Å²) in [5.74, 6) is 0. The van der Waals surface area contributed by atoms with Gasteiger partial charge in [0.25, 0.3) is 0 Å². The molecule has 0 saturated heterocycles. The molecule has 1 N–H and O–H groups in total. The number of aliphatic hydroxyl groups is 1. The maximum absolute atomic E-state index is 9.59. The molecule has 0 bridgehead atoms. The smallest absolute Gasteiger partial charge is 0.0805 e. The van der Waals surface area contributed by atoms with Crippen molar-refractivity contribution in [2.24, 2.45) is 0 Å². The lowest BCUT2D eigenvalue weighted by molar-refractivity contribution is 0.166. The van der Waals surface area contributed by atoms with Crippen molar-refractivity contribution in [1.82, 2.24) is 4.98 Å². The first kappa shape index (κ1) is 9.49. The fourth-order valence-corrected chi connectivity index (χ4v) is 1.33. The topological polar surface area (TPSA) is 33.1 Å². The van der Waals surface area contributed by atoms with Gasteiger partial charge in [-0.2, -0.15) is 0 Å².